The number of hydrogen-bond donors (Lipinski definition) is 3. The van der Waals surface area contributed by atoms with Crippen LogP contribution in [0.4, 0.5) is 0 Å². The second-order valence-electron chi connectivity index (χ2n) is 11.3. The van der Waals surface area contributed by atoms with E-state index >= 15 is 0 Å². The summed E-state index contributed by atoms with van der Waals surface area (Å²) in [5.41, 5.74) is 1.23. The van der Waals surface area contributed by atoms with Crippen molar-refractivity contribution in [1.82, 2.24) is 4.83 Å². The fourth-order valence-electron chi connectivity index (χ4n) is 7.79. The fourth-order valence-corrected chi connectivity index (χ4v) is 8.06. The zero-order chi connectivity index (χ0) is 23.0. The molecular weight excluding hydrogens is 414 g/mol. The molecule has 0 amide bonds. The predicted molar refractivity (Wildman–Crippen MR) is 121 cm³/mol. The van der Waals surface area contributed by atoms with Crippen LogP contribution in [-0.2, 0) is 10.0 Å². The SMILES string of the molecule is CC1C(=NO)C(=NNS(C)(=O)=O)C=C2C[C@@H](C)[C@H]3[C@@H]4CC[C@@](C)(O)[C@@]4(C)CC[C@@H]3[C@]21C. The van der Waals surface area contributed by atoms with E-state index in [1.165, 1.54) is 5.57 Å². The Labute approximate surface area is 186 Å². The highest BCUT2D eigenvalue weighted by molar-refractivity contribution is 7.88. The van der Waals surface area contributed by atoms with Crippen molar-refractivity contribution in [2.45, 2.75) is 72.3 Å². The zero-order valence-corrected chi connectivity index (χ0v) is 20.3. The van der Waals surface area contributed by atoms with Crippen LogP contribution in [-0.4, -0.2) is 42.0 Å². The molecule has 0 aromatic rings. The summed E-state index contributed by atoms with van der Waals surface area (Å²) in [6, 6.07) is 0. The van der Waals surface area contributed by atoms with Gasteiger partial charge in [-0.25, -0.2) is 13.2 Å². The van der Waals surface area contributed by atoms with E-state index < -0.39 is 15.6 Å². The van der Waals surface area contributed by atoms with Crippen LogP contribution in [0.3, 0.4) is 0 Å². The Bertz CT molecular complexity index is 969. The summed E-state index contributed by atoms with van der Waals surface area (Å²) in [5, 5.41) is 28.7. The largest absolute Gasteiger partial charge is 0.411 e. The lowest BCUT2D eigenvalue weighted by Crippen LogP contribution is -2.58. The summed E-state index contributed by atoms with van der Waals surface area (Å²) >= 11 is 0. The number of fused-ring (bicyclic) bond motifs is 5. The molecule has 0 heterocycles. The molecule has 3 fully saturated rings. The van der Waals surface area contributed by atoms with Gasteiger partial charge in [0.2, 0.25) is 10.0 Å². The van der Waals surface area contributed by atoms with E-state index in [-0.39, 0.29) is 16.7 Å². The van der Waals surface area contributed by atoms with Crippen molar-refractivity contribution >= 4 is 21.4 Å². The van der Waals surface area contributed by atoms with Crippen molar-refractivity contribution in [2.24, 2.45) is 50.7 Å². The second-order valence-corrected chi connectivity index (χ2v) is 13.0. The molecule has 0 aromatic carbocycles. The molecule has 3 saturated carbocycles. The summed E-state index contributed by atoms with van der Waals surface area (Å²) in [4.78, 5) is 2.19. The average Bonchev–Trinajstić information content (AvgIpc) is 2.91. The summed E-state index contributed by atoms with van der Waals surface area (Å²) in [6.45, 7) is 11.0. The number of nitrogens with one attached hydrogen (secondary N) is 1. The molecule has 0 aliphatic heterocycles. The van der Waals surface area contributed by atoms with Gasteiger partial charge in [-0.3, -0.25) is 0 Å². The van der Waals surface area contributed by atoms with Crippen molar-refractivity contribution in [2.75, 3.05) is 6.26 Å². The van der Waals surface area contributed by atoms with Gasteiger partial charge in [0.1, 0.15) is 11.4 Å². The average molecular weight is 452 g/mol. The monoisotopic (exact) mass is 451 g/mol. The maximum Gasteiger partial charge on any atom is 0.244 e. The molecule has 7 nitrogen and oxygen atoms in total. The first kappa shape index (κ1) is 22.8. The van der Waals surface area contributed by atoms with Gasteiger partial charge in [0, 0.05) is 11.3 Å². The third-order valence-electron chi connectivity index (χ3n) is 9.88. The molecule has 31 heavy (non-hydrogen) atoms. The lowest BCUT2D eigenvalue weighted by molar-refractivity contribution is -0.131. The minimum Gasteiger partial charge on any atom is -0.411 e. The molecule has 4 rings (SSSR count). The highest BCUT2D eigenvalue weighted by Gasteiger charge is 2.65. The van der Waals surface area contributed by atoms with E-state index in [9.17, 15) is 18.7 Å². The number of allylic oxidation sites excluding steroid dienone is 2. The van der Waals surface area contributed by atoms with Gasteiger partial charge in [0.05, 0.1) is 11.9 Å². The molecular formula is C23H37N3O4S. The van der Waals surface area contributed by atoms with Crippen LogP contribution in [0.25, 0.3) is 0 Å². The maximum atomic E-state index is 11.6. The number of rotatable bonds is 2. The first-order valence-electron chi connectivity index (χ1n) is 11.5. The van der Waals surface area contributed by atoms with Crippen LogP contribution in [0.1, 0.15) is 66.7 Å². The molecule has 0 bridgehead atoms. The normalized spacial score (nSPS) is 49.9. The third kappa shape index (κ3) is 3.19. The molecule has 1 unspecified atom stereocenters. The summed E-state index contributed by atoms with van der Waals surface area (Å²) in [7, 11) is -3.50. The van der Waals surface area contributed by atoms with Crippen LogP contribution in [0, 0.1) is 40.4 Å². The molecule has 0 aromatic heterocycles. The molecule has 4 aliphatic carbocycles. The molecule has 174 valence electrons. The van der Waals surface area contributed by atoms with E-state index in [1.807, 2.05) is 13.0 Å². The van der Waals surface area contributed by atoms with Gasteiger partial charge in [0.15, 0.2) is 0 Å². The van der Waals surface area contributed by atoms with Gasteiger partial charge in [-0.2, -0.15) is 5.10 Å². The predicted octanol–water partition coefficient (Wildman–Crippen LogP) is 3.54. The standard InChI is InChI=1S/C23H37N3O4S/c1-13-11-15-12-18(24-26-31(6,29)30)20(25-28)14(2)23(15,5)17-7-9-21(3)16(19(13)17)8-10-22(21,4)27/h12-14,16-17,19,26-28H,7-11H2,1-6H3/t13-,14?,16+,17+,19+,21+,22-,23+/m1/s1. The van der Waals surface area contributed by atoms with Crippen molar-refractivity contribution in [3.63, 3.8) is 0 Å². The summed E-state index contributed by atoms with van der Waals surface area (Å²) in [6.07, 6.45) is 7.85. The second kappa shape index (κ2) is 7.04. The van der Waals surface area contributed by atoms with Crippen LogP contribution in [0.15, 0.2) is 21.9 Å². The van der Waals surface area contributed by atoms with Gasteiger partial charge in [-0.05, 0) is 74.2 Å². The van der Waals surface area contributed by atoms with Gasteiger partial charge in [0.25, 0.3) is 0 Å². The van der Waals surface area contributed by atoms with Crippen molar-refractivity contribution in [3.05, 3.63) is 11.6 Å². The summed E-state index contributed by atoms with van der Waals surface area (Å²) in [5.74, 6) is 1.78. The van der Waals surface area contributed by atoms with Crippen LogP contribution < -0.4 is 4.83 Å². The van der Waals surface area contributed by atoms with Crippen molar-refractivity contribution < 1.29 is 18.7 Å². The van der Waals surface area contributed by atoms with E-state index in [2.05, 4.69) is 42.8 Å². The van der Waals surface area contributed by atoms with Gasteiger partial charge < -0.3 is 10.3 Å². The highest BCUT2D eigenvalue weighted by atomic mass is 32.2. The number of hydrazone groups is 1. The van der Waals surface area contributed by atoms with Crippen molar-refractivity contribution in [3.8, 4) is 0 Å². The Hall–Kier alpha value is -1.41. The highest BCUT2D eigenvalue weighted by Crippen LogP contribution is 2.69. The number of oxime groups is 1. The zero-order valence-electron chi connectivity index (χ0n) is 19.5. The van der Waals surface area contributed by atoms with E-state index in [0.29, 0.717) is 35.1 Å². The minimum atomic E-state index is -3.50. The van der Waals surface area contributed by atoms with Gasteiger partial charge in [-0.15, -0.1) is 0 Å². The Morgan fingerprint density at radius 3 is 2.39 bits per heavy atom. The summed E-state index contributed by atoms with van der Waals surface area (Å²) < 4.78 is 23.1. The molecule has 8 atom stereocenters. The Balaban J connectivity index is 1.78. The molecule has 4 aliphatic rings. The smallest absolute Gasteiger partial charge is 0.244 e. The van der Waals surface area contributed by atoms with E-state index in [1.54, 1.807) is 0 Å². The maximum absolute atomic E-state index is 11.6. The van der Waals surface area contributed by atoms with Crippen molar-refractivity contribution in [1.29, 1.82) is 0 Å². The number of sulfonamides is 1. The number of nitrogens with zero attached hydrogens (tertiary/aromatic N) is 2. The quantitative estimate of drug-likeness (QED) is 0.440. The van der Waals surface area contributed by atoms with E-state index in [4.69, 9.17) is 0 Å². The first-order valence-corrected chi connectivity index (χ1v) is 13.4. The topological polar surface area (TPSA) is 111 Å². The number of aliphatic hydroxyl groups is 1. The van der Waals surface area contributed by atoms with Crippen LogP contribution >= 0.6 is 0 Å². The molecule has 3 N–H and O–H groups in total. The lowest BCUT2D eigenvalue weighted by atomic mass is 9.42. The van der Waals surface area contributed by atoms with Gasteiger partial charge >= 0.3 is 0 Å². The van der Waals surface area contributed by atoms with E-state index in [0.717, 1.165) is 38.4 Å². The minimum absolute atomic E-state index is 0.0577. The molecule has 0 saturated heterocycles. The molecule has 0 spiro atoms. The van der Waals surface area contributed by atoms with Crippen LogP contribution in [0.2, 0.25) is 0 Å². The molecule has 0 radical (unpaired) electrons. The lowest BCUT2D eigenvalue weighted by Gasteiger charge is -2.62. The third-order valence-corrected chi connectivity index (χ3v) is 10.3. The van der Waals surface area contributed by atoms with Crippen LogP contribution in [0.5, 0.6) is 0 Å². The Morgan fingerprint density at radius 2 is 1.77 bits per heavy atom. The molecule has 8 heteroatoms. The number of hydrogen-bond acceptors (Lipinski definition) is 6. The Kier molecular flexibility index (Phi) is 5.17. The first-order chi connectivity index (χ1) is 14.3. The fraction of sp³-hybridized carbons (Fsp3) is 0.826. The van der Waals surface area contributed by atoms with Gasteiger partial charge in [-0.1, -0.05) is 38.4 Å². The Morgan fingerprint density at radius 1 is 1.13 bits per heavy atom.